The molecule has 0 bridgehead atoms. The molecule has 0 radical (unpaired) electrons. The Morgan fingerprint density at radius 2 is 1.94 bits per heavy atom. The first-order chi connectivity index (χ1) is 15.0. The molecule has 0 aliphatic heterocycles. The maximum Gasteiger partial charge on any atom is 0.269 e. The van der Waals surface area contributed by atoms with Crippen LogP contribution in [0.5, 0.6) is 0 Å². The molecule has 0 amide bonds. The number of unbranched alkanes of at least 4 members (excludes halogenated alkanes) is 1. The second kappa shape index (κ2) is 8.80. The van der Waals surface area contributed by atoms with E-state index in [1.165, 1.54) is 29.5 Å². The topological polar surface area (TPSA) is 125 Å². The number of nitro groups is 1. The van der Waals surface area contributed by atoms with E-state index in [-0.39, 0.29) is 5.69 Å². The highest BCUT2D eigenvalue weighted by Crippen LogP contribution is 2.25. The molecule has 3 aromatic heterocycles. The summed E-state index contributed by atoms with van der Waals surface area (Å²) < 4.78 is 7.47. The van der Waals surface area contributed by atoms with Gasteiger partial charge in [-0.25, -0.2) is 9.50 Å². The van der Waals surface area contributed by atoms with E-state index in [9.17, 15) is 10.1 Å². The lowest BCUT2D eigenvalue weighted by molar-refractivity contribution is -0.384. The molecule has 0 N–H and O–H groups in total. The Bertz CT molecular complexity index is 1230. The SMILES string of the molecule is CCCCc1c(C)nc2nc(SCc3nnc(-c4ccc([N+](=O)[O-])cc4)o3)nn2c1C. The van der Waals surface area contributed by atoms with Crippen LogP contribution in [0.3, 0.4) is 0 Å². The average Bonchev–Trinajstić information content (AvgIpc) is 3.39. The lowest BCUT2D eigenvalue weighted by Gasteiger charge is -2.09. The van der Waals surface area contributed by atoms with Gasteiger partial charge in [0.25, 0.3) is 11.5 Å². The first-order valence-corrected chi connectivity index (χ1v) is 10.9. The maximum absolute atomic E-state index is 10.8. The van der Waals surface area contributed by atoms with Crippen molar-refractivity contribution >= 4 is 23.2 Å². The van der Waals surface area contributed by atoms with Crippen molar-refractivity contribution in [2.24, 2.45) is 0 Å². The number of thioether (sulfide) groups is 1. The smallest absolute Gasteiger partial charge is 0.269 e. The van der Waals surface area contributed by atoms with E-state index in [1.807, 2.05) is 13.8 Å². The monoisotopic (exact) mass is 439 g/mol. The Hall–Kier alpha value is -3.34. The normalized spacial score (nSPS) is 11.3. The summed E-state index contributed by atoms with van der Waals surface area (Å²) in [7, 11) is 0. The molecule has 0 aliphatic rings. The van der Waals surface area contributed by atoms with Crippen LogP contribution in [0, 0.1) is 24.0 Å². The molecule has 10 nitrogen and oxygen atoms in total. The van der Waals surface area contributed by atoms with Crippen LogP contribution >= 0.6 is 11.8 Å². The second-order valence-corrected chi connectivity index (χ2v) is 8.01. The molecule has 1 aromatic carbocycles. The van der Waals surface area contributed by atoms with Crippen molar-refractivity contribution in [1.29, 1.82) is 0 Å². The molecule has 0 unspecified atom stereocenters. The number of nitro benzene ring substituents is 1. The summed E-state index contributed by atoms with van der Waals surface area (Å²) in [5.41, 5.74) is 3.91. The van der Waals surface area contributed by atoms with Gasteiger partial charge in [-0.1, -0.05) is 25.1 Å². The first-order valence-electron chi connectivity index (χ1n) is 9.89. The van der Waals surface area contributed by atoms with Crippen molar-refractivity contribution < 1.29 is 9.34 Å². The fourth-order valence-corrected chi connectivity index (χ4v) is 3.90. The molecule has 4 rings (SSSR count). The number of fused-ring (bicyclic) bond motifs is 1. The molecular weight excluding hydrogens is 418 g/mol. The number of benzene rings is 1. The van der Waals surface area contributed by atoms with Gasteiger partial charge in [0.15, 0.2) is 0 Å². The summed E-state index contributed by atoms with van der Waals surface area (Å²) in [5, 5.41) is 24.0. The van der Waals surface area contributed by atoms with Gasteiger partial charge in [0.2, 0.25) is 16.9 Å². The van der Waals surface area contributed by atoms with Gasteiger partial charge in [0.05, 0.1) is 10.7 Å². The minimum atomic E-state index is -0.452. The minimum Gasteiger partial charge on any atom is -0.420 e. The summed E-state index contributed by atoms with van der Waals surface area (Å²) >= 11 is 1.38. The van der Waals surface area contributed by atoms with Crippen LogP contribution in [-0.4, -0.2) is 34.7 Å². The van der Waals surface area contributed by atoms with Crippen molar-refractivity contribution in [3.63, 3.8) is 0 Å². The summed E-state index contributed by atoms with van der Waals surface area (Å²) in [6.07, 6.45) is 3.22. The van der Waals surface area contributed by atoms with Crippen LogP contribution in [0.2, 0.25) is 0 Å². The number of hydrogen-bond acceptors (Lipinski definition) is 9. The molecule has 31 heavy (non-hydrogen) atoms. The largest absolute Gasteiger partial charge is 0.420 e. The zero-order chi connectivity index (χ0) is 22.0. The van der Waals surface area contributed by atoms with Crippen LogP contribution in [0.4, 0.5) is 5.69 Å². The summed E-state index contributed by atoms with van der Waals surface area (Å²) in [6, 6.07) is 5.97. The van der Waals surface area contributed by atoms with Crippen molar-refractivity contribution in [2.75, 3.05) is 0 Å². The highest BCUT2D eigenvalue weighted by Gasteiger charge is 2.15. The third-order valence-corrected chi connectivity index (χ3v) is 5.75. The van der Waals surface area contributed by atoms with Crippen molar-refractivity contribution in [3.8, 4) is 11.5 Å². The number of hydrogen-bond donors (Lipinski definition) is 0. The van der Waals surface area contributed by atoms with Crippen LogP contribution < -0.4 is 0 Å². The number of aryl methyl sites for hydroxylation is 2. The van der Waals surface area contributed by atoms with Gasteiger partial charge >= 0.3 is 0 Å². The number of nitrogens with zero attached hydrogens (tertiary/aromatic N) is 7. The molecule has 3 heterocycles. The van der Waals surface area contributed by atoms with E-state index in [1.54, 1.807) is 16.6 Å². The Labute approximate surface area is 182 Å². The number of rotatable bonds is 8. The fourth-order valence-electron chi connectivity index (χ4n) is 3.25. The van der Waals surface area contributed by atoms with Crippen molar-refractivity contribution in [3.05, 3.63) is 57.2 Å². The van der Waals surface area contributed by atoms with E-state index in [2.05, 4.69) is 32.2 Å². The van der Waals surface area contributed by atoms with Crippen LogP contribution in [-0.2, 0) is 12.2 Å². The van der Waals surface area contributed by atoms with Gasteiger partial charge in [-0.05, 0) is 44.4 Å². The summed E-state index contributed by atoms with van der Waals surface area (Å²) in [4.78, 5) is 19.4. The summed E-state index contributed by atoms with van der Waals surface area (Å²) in [5.74, 6) is 1.70. The standard InChI is InChI=1S/C20H21N7O3S/c1-4-5-6-16-12(2)21-19-22-20(25-26(19)13(16)3)31-11-17-23-24-18(30-17)14-7-9-15(10-8-14)27(28)29/h7-10H,4-6,11H2,1-3H3. The molecule has 0 spiro atoms. The Morgan fingerprint density at radius 1 is 1.16 bits per heavy atom. The average molecular weight is 440 g/mol. The zero-order valence-corrected chi connectivity index (χ0v) is 18.2. The minimum absolute atomic E-state index is 0.00829. The molecule has 0 saturated heterocycles. The molecule has 0 atom stereocenters. The number of non-ortho nitro benzene ring substituents is 1. The summed E-state index contributed by atoms with van der Waals surface area (Å²) in [6.45, 7) is 6.23. The third-order valence-electron chi connectivity index (χ3n) is 4.93. The predicted octanol–water partition coefficient (Wildman–Crippen LogP) is 4.33. The number of aromatic nitrogens is 6. The van der Waals surface area contributed by atoms with Crippen LogP contribution in [0.25, 0.3) is 17.2 Å². The van der Waals surface area contributed by atoms with Crippen LogP contribution in [0.1, 0.15) is 42.6 Å². The van der Waals surface area contributed by atoms with E-state index in [0.717, 1.165) is 30.7 Å². The Kier molecular flexibility index (Phi) is 5.94. The van der Waals surface area contributed by atoms with Gasteiger partial charge in [-0.2, -0.15) is 4.98 Å². The Balaban J connectivity index is 1.48. The highest BCUT2D eigenvalue weighted by molar-refractivity contribution is 7.98. The van der Waals surface area contributed by atoms with Gasteiger partial charge < -0.3 is 4.42 Å². The lowest BCUT2D eigenvalue weighted by Crippen LogP contribution is -2.05. The van der Waals surface area contributed by atoms with E-state index in [0.29, 0.717) is 34.0 Å². The van der Waals surface area contributed by atoms with Gasteiger partial charge in [0.1, 0.15) is 0 Å². The molecular formula is C20H21N7O3S. The molecule has 160 valence electrons. The zero-order valence-electron chi connectivity index (χ0n) is 17.4. The molecule has 0 aliphatic carbocycles. The van der Waals surface area contributed by atoms with E-state index in [4.69, 9.17) is 4.42 Å². The van der Waals surface area contributed by atoms with Gasteiger partial charge in [-0.3, -0.25) is 10.1 Å². The second-order valence-electron chi connectivity index (χ2n) is 7.06. The maximum atomic E-state index is 10.8. The molecule has 0 saturated carbocycles. The lowest BCUT2D eigenvalue weighted by atomic mass is 10.1. The highest BCUT2D eigenvalue weighted by atomic mass is 32.2. The van der Waals surface area contributed by atoms with Gasteiger partial charge in [0, 0.05) is 29.1 Å². The molecule has 11 heteroatoms. The van der Waals surface area contributed by atoms with Crippen molar-refractivity contribution in [2.45, 2.75) is 50.9 Å². The Morgan fingerprint density at radius 3 is 2.65 bits per heavy atom. The third kappa shape index (κ3) is 4.41. The van der Waals surface area contributed by atoms with Crippen LogP contribution in [0.15, 0.2) is 33.8 Å². The predicted molar refractivity (Wildman–Crippen MR) is 115 cm³/mol. The van der Waals surface area contributed by atoms with Crippen molar-refractivity contribution in [1.82, 2.24) is 29.8 Å². The van der Waals surface area contributed by atoms with Gasteiger partial charge in [-0.15, -0.1) is 15.3 Å². The van der Waals surface area contributed by atoms with E-state index < -0.39 is 4.92 Å². The molecule has 4 aromatic rings. The first kappa shape index (κ1) is 20.9. The molecule has 0 fully saturated rings. The fraction of sp³-hybridized carbons (Fsp3) is 0.350. The van der Waals surface area contributed by atoms with E-state index >= 15 is 0 Å². The quantitative estimate of drug-likeness (QED) is 0.224.